The Labute approximate surface area is 125 Å². The number of rotatable bonds is 5. The molecule has 0 saturated heterocycles. The number of carbonyl (C=O) groups is 2. The van der Waals surface area contributed by atoms with Gasteiger partial charge in [-0.05, 0) is 38.3 Å². The summed E-state index contributed by atoms with van der Waals surface area (Å²) < 4.78 is 5.50. The smallest absolute Gasteiger partial charge is 0.258 e. The maximum Gasteiger partial charge on any atom is 0.258 e. The lowest BCUT2D eigenvalue weighted by atomic mass is 10.0. The molecule has 2 rings (SSSR count). The van der Waals surface area contributed by atoms with Gasteiger partial charge in [0.1, 0.15) is 5.75 Å². The third-order valence-corrected chi connectivity index (χ3v) is 3.71. The maximum absolute atomic E-state index is 11.8. The third kappa shape index (κ3) is 4.21. The van der Waals surface area contributed by atoms with Crippen LogP contribution in [0.5, 0.6) is 5.75 Å². The summed E-state index contributed by atoms with van der Waals surface area (Å²) in [6.45, 7) is 5.93. The number of aryl methyl sites for hydroxylation is 1. The van der Waals surface area contributed by atoms with E-state index in [2.05, 4.69) is 10.6 Å². The molecule has 2 N–H and O–H groups in total. The molecule has 5 nitrogen and oxygen atoms in total. The molecule has 1 aromatic carbocycles. The number of amides is 2. The van der Waals surface area contributed by atoms with E-state index in [1.165, 1.54) is 0 Å². The predicted molar refractivity (Wildman–Crippen MR) is 81.4 cm³/mol. The second-order valence-corrected chi connectivity index (χ2v) is 5.94. The molecule has 0 atom stereocenters. The number of benzene rings is 1. The van der Waals surface area contributed by atoms with Crippen LogP contribution in [0, 0.1) is 0 Å². The van der Waals surface area contributed by atoms with Crippen LogP contribution in [0.1, 0.15) is 39.2 Å². The average Bonchev–Trinajstić information content (AvgIpc) is 2.44. The molecule has 1 aliphatic heterocycles. The normalized spacial score (nSPS) is 14.1. The van der Waals surface area contributed by atoms with E-state index in [4.69, 9.17) is 4.74 Å². The first-order chi connectivity index (χ1) is 9.89. The van der Waals surface area contributed by atoms with Crippen molar-refractivity contribution in [2.24, 2.45) is 0 Å². The molecule has 5 heteroatoms. The average molecular weight is 290 g/mol. The lowest BCUT2D eigenvalue weighted by Gasteiger charge is -2.24. The molecule has 1 heterocycles. The molecular weight excluding hydrogens is 268 g/mol. The molecule has 2 amide bonds. The van der Waals surface area contributed by atoms with Gasteiger partial charge in [-0.3, -0.25) is 9.59 Å². The van der Waals surface area contributed by atoms with Gasteiger partial charge in [-0.25, -0.2) is 0 Å². The molecule has 114 valence electrons. The van der Waals surface area contributed by atoms with Gasteiger partial charge in [-0.2, -0.15) is 0 Å². The fourth-order valence-electron chi connectivity index (χ4n) is 2.09. The monoisotopic (exact) mass is 290 g/mol. The second-order valence-electron chi connectivity index (χ2n) is 5.94. The standard InChI is InChI=1S/C16H22N2O3/c1-4-16(2,3)18-15(20)10-21-12-7-5-11-6-8-14(19)17-13(11)9-12/h5,7,9H,4,6,8,10H2,1-3H3,(H,17,19)(H,18,20). The van der Waals surface area contributed by atoms with Crippen LogP contribution >= 0.6 is 0 Å². The van der Waals surface area contributed by atoms with Crippen molar-refractivity contribution in [2.75, 3.05) is 11.9 Å². The van der Waals surface area contributed by atoms with Crippen LogP contribution < -0.4 is 15.4 Å². The van der Waals surface area contributed by atoms with Crippen molar-refractivity contribution < 1.29 is 14.3 Å². The number of carbonyl (C=O) groups excluding carboxylic acids is 2. The first kappa shape index (κ1) is 15.4. The van der Waals surface area contributed by atoms with Gasteiger partial charge in [0.15, 0.2) is 6.61 Å². The Hall–Kier alpha value is -2.04. The summed E-state index contributed by atoms with van der Waals surface area (Å²) in [6.07, 6.45) is 2.11. The summed E-state index contributed by atoms with van der Waals surface area (Å²) in [4.78, 5) is 23.2. The highest BCUT2D eigenvalue weighted by atomic mass is 16.5. The largest absolute Gasteiger partial charge is 0.484 e. The van der Waals surface area contributed by atoms with Crippen LogP contribution in [0.3, 0.4) is 0 Å². The zero-order valence-corrected chi connectivity index (χ0v) is 12.8. The first-order valence-corrected chi connectivity index (χ1v) is 7.26. The number of ether oxygens (including phenoxy) is 1. The van der Waals surface area contributed by atoms with E-state index in [1.807, 2.05) is 32.9 Å². The molecule has 1 aliphatic rings. The highest BCUT2D eigenvalue weighted by Crippen LogP contribution is 2.27. The quantitative estimate of drug-likeness (QED) is 0.874. The van der Waals surface area contributed by atoms with Crippen LogP contribution in [0.2, 0.25) is 0 Å². The zero-order valence-electron chi connectivity index (χ0n) is 12.8. The van der Waals surface area contributed by atoms with Crippen molar-refractivity contribution in [1.29, 1.82) is 0 Å². The maximum atomic E-state index is 11.8. The zero-order chi connectivity index (χ0) is 15.5. The van der Waals surface area contributed by atoms with Gasteiger partial charge >= 0.3 is 0 Å². The first-order valence-electron chi connectivity index (χ1n) is 7.26. The number of hydrogen-bond donors (Lipinski definition) is 2. The summed E-state index contributed by atoms with van der Waals surface area (Å²) in [7, 11) is 0. The minimum atomic E-state index is -0.232. The summed E-state index contributed by atoms with van der Waals surface area (Å²) in [5.74, 6) is 0.450. The molecule has 0 unspecified atom stereocenters. The van der Waals surface area contributed by atoms with Crippen molar-refractivity contribution in [2.45, 2.75) is 45.6 Å². The van der Waals surface area contributed by atoms with E-state index in [-0.39, 0.29) is 24.0 Å². The molecule has 0 aliphatic carbocycles. The van der Waals surface area contributed by atoms with Crippen LogP contribution in [0.25, 0.3) is 0 Å². The van der Waals surface area contributed by atoms with E-state index in [9.17, 15) is 9.59 Å². The Morgan fingerprint density at radius 1 is 1.38 bits per heavy atom. The molecule has 0 fully saturated rings. The van der Waals surface area contributed by atoms with E-state index < -0.39 is 0 Å². The van der Waals surface area contributed by atoms with Gasteiger partial charge in [0.2, 0.25) is 5.91 Å². The van der Waals surface area contributed by atoms with Crippen molar-refractivity contribution in [3.63, 3.8) is 0 Å². The molecule has 0 bridgehead atoms. The summed E-state index contributed by atoms with van der Waals surface area (Å²) in [6, 6.07) is 5.52. The molecule has 1 aromatic rings. The highest BCUT2D eigenvalue weighted by Gasteiger charge is 2.18. The van der Waals surface area contributed by atoms with E-state index in [0.717, 1.165) is 24.1 Å². The van der Waals surface area contributed by atoms with E-state index in [1.54, 1.807) is 6.07 Å². The van der Waals surface area contributed by atoms with Gasteiger partial charge in [0.25, 0.3) is 5.91 Å². The number of hydrogen-bond acceptors (Lipinski definition) is 3. The number of nitrogens with one attached hydrogen (secondary N) is 2. The van der Waals surface area contributed by atoms with Crippen molar-refractivity contribution in [3.8, 4) is 5.75 Å². The molecular formula is C16H22N2O3. The fraction of sp³-hybridized carbons (Fsp3) is 0.500. The van der Waals surface area contributed by atoms with Crippen LogP contribution in [-0.2, 0) is 16.0 Å². The Morgan fingerprint density at radius 3 is 2.86 bits per heavy atom. The van der Waals surface area contributed by atoms with Gasteiger partial charge in [0, 0.05) is 23.7 Å². The molecule has 21 heavy (non-hydrogen) atoms. The minimum absolute atomic E-state index is 0.0158. The highest BCUT2D eigenvalue weighted by molar-refractivity contribution is 5.94. The van der Waals surface area contributed by atoms with Crippen molar-refractivity contribution in [3.05, 3.63) is 23.8 Å². The SMILES string of the molecule is CCC(C)(C)NC(=O)COc1ccc2c(c1)NC(=O)CC2. The molecule has 0 radical (unpaired) electrons. The molecule has 0 saturated carbocycles. The topological polar surface area (TPSA) is 67.4 Å². The van der Waals surface area contributed by atoms with Gasteiger partial charge in [-0.1, -0.05) is 13.0 Å². The van der Waals surface area contributed by atoms with Gasteiger partial charge in [-0.15, -0.1) is 0 Å². The Morgan fingerprint density at radius 2 is 2.14 bits per heavy atom. The van der Waals surface area contributed by atoms with Crippen molar-refractivity contribution >= 4 is 17.5 Å². The molecule has 0 aromatic heterocycles. The van der Waals surface area contributed by atoms with Gasteiger partial charge in [0.05, 0.1) is 0 Å². The van der Waals surface area contributed by atoms with Crippen LogP contribution in [0.4, 0.5) is 5.69 Å². The summed E-state index contributed by atoms with van der Waals surface area (Å²) >= 11 is 0. The van der Waals surface area contributed by atoms with E-state index >= 15 is 0 Å². The predicted octanol–water partition coefficient (Wildman–Crippen LogP) is 2.25. The lowest BCUT2D eigenvalue weighted by Crippen LogP contribution is -2.44. The third-order valence-electron chi connectivity index (χ3n) is 3.71. The van der Waals surface area contributed by atoms with E-state index in [0.29, 0.717) is 12.2 Å². The second kappa shape index (κ2) is 6.16. The fourth-order valence-corrected chi connectivity index (χ4v) is 2.09. The molecule has 0 spiro atoms. The Balaban J connectivity index is 1.93. The Kier molecular flexibility index (Phi) is 4.50. The Bertz CT molecular complexity index is 552. The number of fused-ring (bicyclic) bond motifs is 1. The van der Waals surface area contributed by atoms with Gasteiger partial charge < -0.3 is 15.4 Å². The lowest BCUT2D eigenvalue weighted by molar-refractivity contribution is -0.124. The van der Waals surface area contributed by atoms with Crippen LogP contribution in [-0.4, -0.2) is 24.0 Å². The minimum Gasteiger partial charge on any atom is -0.484 e. The van der Waals surface area contributed by atoms with Crippen LogP contribution in [0.15, 0.2) is 18.2 Å². The summed E-state index contributed by atoms with van der Waals surface area (Å²) in [5, 5.41) is 5.73. The number of anilines is 1. The van der Waals surface area contributed by atoms with Crippen molar-refractivity contribution in [1.82, 2.24) is 5.32 Å². The summed E-state index contributed by atoms with van der Waals surface area (Å²) in [5.41, 5.74) is 1.64.